The van der Waals surface area contributed by atoms with Crippen LogP contribution in [0, 0.1) is 11.8 Å². The van der Waals surface area contributed by atoms with Crippen LogP contribution in [0.15, 0.2) is 24.3 Å². The van der Waals surface area contributed by atoms with E-state index in [9.17, 15) is 4.79 Å². The average molecular weight is 441 g/mol. The van der Waals surface area contributed by atoms with Crippen LogP contribution >= 0.6 is 24.8 Å². The molecule has 1 aromatic heterocycles. The molecule has 0 bridgehead atoms. The van der Waals surface area contributed by atoms with E-state index in [1.54, 1.807) is 0 Å². The molecule has 4 rings (SSSR count). The predicted octanol–water partition coefficient (Wildman–Crippen LogP) is 4.59. The topological polar surface area (TPSA) is 50.2 Å². The van der Waals surface area contributed by atoms with Crippen LogP contribution < -0.4 is 5.32 Å². The Morgan fingerprint density at radius 3 is 2.76 bits per heavy atom. The molecule has 0 spiro atoms. The molecule has 1 amide bonds. The molecule has 5 nitrogen and oxygen atoms in total. The number of nitrogens with zero attached hydrogens (tertiary/aromatic N) is 3. The lowest BCUT2D eigenvalue weighted by molar-refractivity contribution is -0.133. The van der Waals surface area contributed by atoms with E-state index in [1.807, 2.05) is 6.07 Å². The fraction of sp³-hybridized carbons (Fsp3) is 0.636. The summed E-state index contributed by atoms with van der Waals surface area (Å²) in [6.45, 7) is 8.35. The number of hydrogen-bond donors (Lipinski definition) is 1. The third-order valence-corrected chi connectivity index (χ3v) is 6.51. The van der Waals surface area contributed by atoms with Crippen LogP contribution in [0.1, 0.15) is 57.8 Å². The molecular formula is C22H34Cl2N4O. The van der Waals surface area contributed by atoms with E-state index < -0.39 is 0 Å². The summed E-state index contributed by atoms with van der Waals surface area (Å²) in [6, 6.07) is 8.44. The lowest BCUT2D eigenvalue weighted by Gasteiger charge is -2.31. The molecule has 2 aliphatic heterocycles. The number of benzene rings is 1. The number of halogens is 2. The first-order chi connectivity index (χ1) is 13.2. The van der Waals surface area contributed by atoms with Gasteiger partial charge in [0.05, 0.1) is 17.1 Å². The predicted molar refractivity (Wildman–Crippen MR) is 123 cm³/mol. The van der Waals surface area contributed by atoms with Gasteiger partial charge in [-0.15, -0.1) is 24.8 Å². The summed E-state index contributed by atoms with van der Waals surface area (Å²) in [5.74, 6) is 2.45. The number of aryl methyl sites for hydroxylation is 1. The summed E-state index contributed by atoms with van der Waals surface area (Å²) in [4.78, 5) is 20.2. The van der Waals surface area contributed by atoms with Gasteiger partial charge in [0.25, 0.3) is 0 Å². The number of hydrogen-bond acceptors (Lipinski definition) is 3. The molecule has 7 heteroatoms. The summed E-state index contributed by atoms with van der Waals surface area (Å²) in [5.41, 5.74) is 2.21. The molecule has 3 heterocycles. The second kappa shape index (κ2) is 10.6. The lowest BCUT2D eigenvalue weighted by Crippen LogP contribution is -2.37. The Hall–Kier alpha value is -1.30. The van der Waals surface area contributed by atoms with E-state index >= 15 is 0 Å². The van der Waals surface area contributed by atoms with Crippen molar-refractivity contribution >= 4 is 41.8 Å². The first-order valence-corrected chi connectivity index (χ1v) is 10.6. The van der Waals surface area contributed by atoms with E-state index in [2.05, 4.69) is 46.8 Å². The zero-order valence-corrected chi connectivity index (χ0v) is 19.1. The van der Waals surface area contributed by atoms with Crippen LogP contribution in [0.2, 0.25) is 0 Å². The number of piperidine rings is 1. The van der Waals surface area contributed by atoms with E-state index in [0.717, 1.165) is 50.4 Å². The zero-order chi connectivity index (χ0) is 18.8. The Balaban J connectivity index is 0.00000150. The molecule has 2 saturated heterocycles. The van der Waals surface area contributed by atoms with Crippen LogP contribution in [0.4, 0.5) is 0 Å². The van der Waals surface area contributed by atoms with E-state index in [4.69, 9.17) is 4.98 Å². The van der Waals surface area contributed by atoms with Gasteiger partial charge in [0.2, 0.25) is 5.91 Å². The number of imidazole rings is 1. The fourth-order valence-corrected chi connectivity index (χ4v) is 4.94. The highest BCUT2D eigenvalue weighted by molar-refractivity contribution is 5.85. The molecule has 162 valence electrons. The number of fused-ring (bicyclic) bond motifs is 1. The molecule has 0 radical (unpaired) electrons. The third-order valence-electron chi connectivity index (χ3n) is 6.51. The monoisotopic (exact) mass is 440 g/mol. The minimum atomic E-state index is 0. The van der Waals surface area contributed by atoms with Crippen LogP contribution in [-0.4, -0.2) is 40.0 Å². The van der Waals surface area contributed by atoms with Crippen molar-refractivity contribution in [3.63, 3.8) is 0 Å². The van der Waals surface area contributed by atoms with Crippen LogP contribution in [0.5, 0.6) is 0 Å². The molecule has 2 fully saturated rings. The number of carbonyl (C=O) groups excluding carboxylic acids is 1. The highest BCUT2D eigenvalue weighted by Crippen LogP contribution is 2.35. The van der Waals surface area contributed by atoms with Gasteiger partial charge in [-0.05, 0) is 69.7 Å². The Bertz CT molecular complexity index is 803. The molecule has 2 aromatic rings. The minimum absolute atomic E-state index is 0. The Morgan fingerprint density at radius 2 is 2.03 bits per heavy atom. The van der Waals surface area contributed by atoms with Gasteiger partial charge in [0.1, 0.15) is 5.82 Å². The Morgan fingerprint density at radius 1 is 1.24 bits per heavy atom. The van der Waals surface area contributed by atoms with E-state index in [-0.39, 0.29) is 30.9 Å². The maximum atomic E-state index is 13.2. The van der Waals surface area contributed by atoms with Crippen molar-refractivity contribution < 1.29 is 4.79 Å². The molecule has 2 aliphatic rings. The molecule has 1 N–H and O–H groups in total. The maximum Gasteiger partial charge on any atom is 0.223 e. The highest BCUT2D eigenvalue weighted by Gasteiger charge is 2.34. The standard InChI is InChI=1S/C22H32N4O.2ClH/c1-3-25-19-10-5-4-9-18(19)24-22(25)20-11-7-13-26(20)21(27)14-16(2)17-8-6-12-23-15-17;;/h4-5,9-10,16-17,20,23H,3,6-8,11-15H2,1-2H3;2*1H. The van der Waals surface area contributed by atoms with Crippen molar-refractivity contribution in [2.75, 3.05) is 19.6 Å². The summed E-state index contributed by atoms with van der Waals surface area (Å²) in [5, 5.41) is 3.48. The van der Waals surface area contributed by atoms with Crippen molar-refractivity contribution in [3.05, 3.63) is 30.1 Å². The van der Waals surface area contributed by atoms with Crippen LogP contribution in [0.3, 0.4) is 0 Å². The van der Waals surface area contributed by atoms with Crippen LogP contribution in [-0.2, 0) is 11.3 Å². The van der Waals surface area contributed by atoms with Gasteiger partial charge in [-0.25, -0.2) is 4.98 Å². The SMILES string of the molecule is CCn1c(C2CCCN2C(=O)CC(C)C2CCCNC2)nc2ccccc21.Cl.Cl. The van der Waals surface area contributed by atoms with Crippen molar-refractivity contribution in [2.24, 2.45) is 11.8 Å². The Labute approximate surface area is 186 Å². The molecular weight excluding hydrogens is 407 g/mol. The first-order valence-electron chi connectivity index (χ1n) is 10.6. The lowest BCUT2D eigenvalue weighted by atomic mass is 9.85. The summed E-state index contributed by atoms with van der Waals surface area (Å²) >= 11 is 0. The second-order valence-electron chi connectivity index (χ2n) is 8.24. The largest absolute Gasteiger partial charge is 0.332 e. The zero-order valence-electron chi connectivity index (χ0n) is 17.5. The summed E-state index contributed by atoms with van der Waals surface area (Å²) in [6.07, 6.45) is 5.24. The number of aromatic nitrogens is 2. The van der Waals surface area contributed by atoms with Gasteiger partial charge in [-0.2, -0.15) is 0 Å². The average Bonchev–Trinajstić information content (AvgIpc) is 3.32. The van der Waals surface area contributed by atoms with Gasteiger partial charge in [0, 0.05) is 19.5 Å². The van der Waals surface area contributed by atoms with E-state index in [1.165, 1.54) is 18.4 Å². The molecule has 1 aromatic carbocycles. The third kappa shape index (κ3) is 4.89. The summed E-state index contributed by atoms with van der Waals surface area (Å²) in [7, 11) is 0. The molecule has 3 atom stereocenters. The highest BCUT2D eigenvalue weighted by atomic mass is 35.5. The van der Waals surface area contributed by atoms with Gasteiger partial charge >= 0.3 is 0 Å². The van der Waals surface area contributed by atoms with Crippen molar-refractivity contribution in [2.45, 2.75) is 58.5 Å². The number of para-hydroxylation sites is 2. The van der Waals surface area contributed by atoms with Gasteiger partial charge < -0.3 is 14.8 Å². The smallest absolute Gasteiger partial charge is 0.223 e. The number of amides is 1. The molecule has 29 heavy (non-hydrogen) atoms. The number of rotatable bonds is 5. The number of nitrogens with one attached hydrogen (secondary N) is 1. The van der Waals surface area contributed by atoms with Crippen molar-refractivity contribution in [3.8, 4) is 0 Å². The van der Waals surface area contributed by atoms with Gasteiger partial charge in [-0.1, -0.05) is 19.1 Å². The minimum Gasteiger partial charge on any atom is -0.332 e. The number of carbonyl (C=O) groups is 1. The molecule has 0 aliphatic carbocycles. The van der Waals surface area contributed by atoms with Crippen molar-refractivity contribution in [1.29, 1.82) is 0 Å². The first kappa shape index (κ1) is 24.0. The fourth-order valence-electron chi connectivity index (χ4n) is 4.94. The summed E-state index contributed by atoms with van der Waals surface area (Å²) < 4.78 is 2.29. The quantitative estimate of drug-likeness (QED) is 0.739. The van der Waals surface area contributed by atoms with Crippen molar-refractivity contribution in [1.82, 2.24) is 19.8 Å². The van der Waals surface area contributed by atoms with E-state index in [0.29, 0.717) is 24.2 Å². The molecule has 3 unspecified atom stereocenters. The molecule has 0 saturated carbocycles. The van der Waals surface area contributed by atoms with Crippen LogP contribution in [0.25, 0.3) is 11.0 Å². The number of likely N-dealkylation sites (tertiary alicyclic amines) is 1. The van der Waals surface area contributed by atoms with Gasteiger partial charge in [-0.3, -0.25) is 4.79 Å². The Kier molecular flexibility index (Phi) is 8.80. The van der Waals surface area contributed by atoms with Gasteiger partial charge in [0.15, 0.2) is 0 Å². The normalized spacial score (nSPS) is 22.8. The second-order valence-corrected chi connectivity index (χ2v) is 8.24. The maximum absolute atomic E-state index is 13.2.